The van der Waals surface area contributed by atoms with E-state index in [2.05, 4.69) is 5.32 Å². The number of nitrogens with two attached hydrogens (primary N) is 1. The van der Waals surface area contributed by atoms with Crippen LogP contribution in [0.15, 0.2) is 24.3 Å². The number of halogens is 1. The molecule has 0 spiro atoms. The first-order chi connectivity index (χ1) is 9.47. The quantitative estimate of drug-likeness (QED) is 0.864. The molecule has 2 rings (SSSR count). The lowest BCUT2D eigenvalue weighted by Crippen LogP contribution is -2.42. The number of ether oxygens (including phenoxy) is 1. The average Bonchev–Trinajstić information content (AvgIpc) is 2.83. The zero-order valence-corrected chi connectivity index (χ0v) is 11.1. The molecule has 0 aliphatic carbocycles. The predicted molar refractivity (Wildman–Crippen MR) is 70.0 cm³/mol. The van der Waals surface area contributed by atoms with Gasteiger partial charge in [-0.05, 0) is 37.5 Å². The van der Waals surface area contributed by atoms with Crippen LogP contribution in [0.2, 0.25) is 0 Å². The summed E-state index contributed by atoms with van der Waals surface area (Å²) in [7, 11) is 0. The molecule has 108 valence electrons. The van der Waals surface area contributed by atoms with Gasteiger partial charge < -0.3 is 15.8 Å². The smallest absolute Gasteiger partial charge is 0.250 e. The zero-order chi connectivity index (χ0) is 14.7. The summed E-state index contributed by atoms with van der Waals surface area (Å²) in [6, 6.07) is 4.28. The van der Waals surface area contributed by atoms with Gasteiger partial charge in [-0.2, -0.15) is 0 Å². The number of carbonyl (C=O) groups excluding carboxylic acids is 2. The Kier molecular flexibility index (Phi) is 4.34. The number of rotatable bonds is 4. The first kappa shape index (κ1) is 14.5. The largest absolute Gasteiger partial charge is 0.368 e. The second-order valence-corrected chi connectivity index (χ2v) is 4.91. The molecule has 0 radical (unpaired) electrons. The third-order valence-electron chi connectivity index (χ3n) is 3.30. The topological polar surface area (TPSA) is 81.4 Å². The van der Waals surface area contributed by atoms with E-state index in [0.29, 0.717) is 12.0 Å². The molecule has 5 nitrogen and oxygen atoms in total. The number of amides is 2. The maximum atomic E-state index is 12.9. The second kappa shape index (κ2) is 6.00. The maximum absolute atomic E-state index is 12.9. The van der Waals surface area contributed by atoms with E-state index in [4.69, 9.17) is 10.5 Å². The molecular weight excluding hydrogens is 263 g/mol. The van der Waals surface area contributed by atoms with Crippen molar-refractivity contribution in [1.82, 2.24) is 5.32 Å². The van der Waals surface area contributed by atoms with E-state index in [-0.39, 0.29) is 12.0 Å². The predicted octanol–water partition coefficient (Wildman–Crippen LogP) is 1.04. The molecule has 2 amide bonds. The van der Waals surface area contributed by atoms with Gasteiger partial charge in [0, 0.05) is 0 Å². The van der Waals surface area contributed by atoms with Crippen molar-refractivity contribution in [2.75, 3.05) is 0 Å². The molecular formula is C14H17FN2O3. The Balaban J connectivity index is 2.08. The average molecular weight is 280 g/mol. The van der Waals surface area contributed by atoms with Gasteiger partial charge >= 0.3 is 0 Å². The summed E-state index contributed by atoms with van der Waals surface area (Å²) in [5.41, 5.74) is 5.74. The van der Waals surface area contributed by atoms with Gasteiger partial charge in [0.25, 0.3) is 0 Å². The monoisotopic (exact) mass is 280 g/mol. The molecule has 6 heteroatoms. The van der Waals surface area contributed by atoms with E-state index in [9.17, 15) is 14.0 Å². The Morgan fingerprint density at radius 1 is 1.35 bits per heavy atom. The minimum absolute atomic E-state index is 0.0311. The Labute approximate surface area is 116 Å². The number of benzene rings is 1. The van der Waals surface area contributed by atoms with Crippen LogP contribution in [0.1, 0.15) is 31.4 Å². The minimum atomic E-state index is -0.984. The highest BCUT2D eigenvalue weighted by Gasteiger charge is 2.31. The molecule has 1 aromatic rings. The minimum Gasteiger partial charge on any atom is -0.368 e. The molecule has 1 aliphatic heterocycles. The highest BCUT2D eigenvalue weighted by atomic mass is 19.1. The fraction of sp³-hybridized carbons (Fsp3) is 0.429. The highest BCUT2D eigenvalue weighted by Crippen LogP contribution is 2.21. The molecule has 20 heavy (non-hydrogen) atoms. The van der Waals surface area contributed by atoms with Gasteiger partial charge in [0.1, 0.15) is 18.0 Å². The zero-order valence-electron chi connectivity index (χ0n) is 11.1. The Hall–Kier alpha value is -1.95. The number of hydrogen-bond acceptors (Lipinski definition) is 3. The molecule has 1 heterocycles. The van der Waals surface area contributed by atoms with Crippen LogP contribution in [0.25, 0.3) is 0 Å². The maximum Gasteiger partial charge on any atom is 0.250 e. The first-order valence-corrected chi connectivity index (χ1v) is 6.48. The molecule has 0 aromatic heterocycles. The second-order valence-electron chi connectivity index (χ2n) is 4.91. The number of hydrogen-bond donors (Lipinski definition) is 2. The van der Waals surface area contributed by atoms with E-state index in [1.54, 1.807) is 0 Å². The summed E-state index contributed by atoms with van der Waals surface area (Å²) in [6.45, 7) is 1.89. The van der Waals surface area contributed by atoms with Gasteiger partial charge in [-0.1, -0.05) is 12.1 Å². The first-order valence-electron chi connectivity index (χ1n) is 6.48. The molecule has 0 saturated carbocycles. The summed E-state index contributed by atoms with van der Waals surface area (Å²) < 4.78 is 18.3. The van der Waals surface area contributed by atoms with E-state index in [0.717, 1.165) is 6.42 Å². The van der Waals surface area contributed by atoms with Crippen molar-refractivity contribution in [3.05, 3.63) is 35.6 Å². The molecule has 3 unspecified atom stereocenters. The molecule has 3 atom stereocenters. The van der Waals surface area contributed by atoms with Crippen molar-refractivity contribution < 1.29 is 18.7 Å². The fourth-order valence-corrected chi connectivity index (χ4v) is 2.20. The summed E-state index contributed by atoms with van der Waals surface area (Å²) in [5, 5.41) is 2.55. The van der Waals surface area contributed by atoms with E-state index >= 15 is 0 Å². The normalized spacial score (nSPS) is 23.3. The lowest BCUT2D eigenvalue weighted by molar-refractivity contribution is -0.135. The van der Waals surface area contributed by atoms with Gasteiger partial charge in [0.05, 0.1) is 6.10 Å². The van der Waals surface area contributed by atoms with Crippen molar-refractivity contribution >= 4 is 11.8 Å². The van der Waals surface area contributed by atoms with E-state index < -0.39 is 23.9 Å². The van der Waals surface area contributed by atoms with Crippen LogP contribution in [0, 0.1) is 5.82 Å². The van der Waals surface area contributed by atoms with Crippen LogP contribution in [0.5, 0.6) is 0 Å². The lowest BCUT2D eigenvalue weighted by atomic mass is 10.1. The van der Waals surface area contributed by atoms with Crippen molar-refractivity contribution in [2.45, 2.75) is 38.0 Å². The van der Waals surface area contributed by atoms with Gasteiger partial charge in [-0.3, -0.25) is 9.59 Å². The van der Waals surface area contributed by atoms with Crippen molar-refractivity contribution in [1.29, 1.82) is 0 Å². The molecule has 0 bridgehead atoms. The standard InChI is InChI=1S/C14H17FN2O3/c1-8-2-7-11(20-8)14(19)17-12(13(16)18)9-3-5-10(15)6-4-9/h3-6,8,11-12H,2,7H2,1H3,(H2,16,18)(H,17,19). The Bertz CT molecular complexity index is 504. The molecule has 1 aromatic carbocycles. The number of carbonyl (C=O) groups is 2. The van der Waals surface area contributed by atoms with Gasteiger partial charge in [0.15, 0.2) is 0 Å². The molecule has 3 N–H and O–H groups in total. The van der Waals surface area contributed by atoms with Crippen LogP contribution >= 0.6 is 0 Å². The van der Waals surface area contributed by atoms with E-state index in [1.807, 2.05) is 6.92 Å². The number of primary amides is 1. The lowest BCUT2D eigenvalue weighted by Gasteiger charge is -2.18. The van der Waals surface area contributed by atoms with Gasteiger partial charge in [-0.15, -0.1) is 0 Å². The molecule has 1 fully saturated rings. The van der Waals surface area contributed by atoms with E-state index in [1.165, 1.54) is 24.3 Å². The SMILES string of the molecule is CC1CCC(C(=O)NC(C(N)=O)c2ccc(F)cc2)O1. The van der Waals surface area contributed by atoms with Gasteiger partial charge in [0.2, 0.25) is 11.8 Å². The highest BCUT2D eigenvalue weighted by molar-refractivity contribution is 5.89. The van der Waals surface area contributed by atoms with Crippen molar-refractivity contribution in [3.8, 4) is 0 Å². The summed E-state index contributed by atoms with van der Waals surface area (Å²) in [4.78, 5) is 23.5. The molecule has 1 saturated heterocycles. The molecule has 1 aliphatic rings. The van der Waals surface area contributed by atoms with Crippen molar-refractivity contribution in [3.63, 3.8) is 0 Å². The Morgan fingerprint density at radius 3 is 2.50 bits per heavy atom. The summed E-state index contributed by atoms with van der Waals surface area (Å²) in [6.07, 6.45) is 0.883. The van der Waals surface area contributed by atoms with Crippen LogP contribution in [-0.2, 0) is 14.3 Å². The van der Waals surface area contributed by atoms with Crippen molar-refractivity contribution in [2.24, 2.45) is 5.73 Å². The third-order valence-corrected chi connectivity index (χ3v) is 3.30. The summed E-state index contributed by atoms with van der Waals surface area (Å²) >= 11 is 0. The Morgan fingerprint density at radius 2 is 2.00 bits per heavy atom. The van der Waals surface area contributed by atoms with Crippen LogP contribution in [-0.4, -0.2) is 24.0 Å². The van der Waals surface area contributed by atoms with Crippen LogP contribution < -0.4 is 11.1 Å². The van der Waals surface area contributed by atoms with Crippen LogP contribution in [0.4, 0.5) is 4.39 Å². The fourth-order valence-electron chi connectivity index (χ4n) is 2.20. The van der Waals surface area contributed by atoms with Crippen LogP contribution in [0.3, 0.4) is 0 Å². The van der Waals surface area contributed by atoms with Gasteiger partial charge in [-0.25, -0.2) is 4.39 Å². The number of nitrogens with one attached hydrogen (secondary N) is 1. The third kappa shape index (κ3) is 3.33. The summed E-state index contributed by atoms with van der Waals surface area (Å²) in [5.74, 6) is -1.49.